The minimum absolute atomic E-state index is 0.524. The van der Waals surface area contributed by atoms with Gasteiger partial charge in [0, 0.05) is 0 Å². The monoisotopic (exact) mass is 289 g/mol. The Labute approximate surface area is 93.3 Å². The maximum Gasteiger partial charge on any atom is -0.000473 e. The molecule has 0 saturated carbocycles. The lowest BCUT2D eigenvalue weighted by atomic mass is 10.0. The van der Waals surface area contributed by atoms with E-state index in [2.05, 4.69) is 22.6 Å². The summed E-state index contributed by atoms with van der Waals surface area (Å²) in [5, 5.41) is 11.6. The Balaban J connectivity index is 2.35. The van der Waals surface area contributed by atoms with Gasteiger partial charge in [0.15, 0.2) is 0 Å². The van der Waals surface area contributed by atoms with E-state index in [0.717, 1.165) is 29.3 Å². The summed E-state index contributed by atoms with van der Waals surface area (Å²) in [6.45, 7) is 0. The lowest BCUT2D eigenvalue weighted by molar-refractivity contribution is -0.428. The van der Waals surface area contributed by atoms with Crippen molar-refractivity contribution in [1.82, 2.24) is 0 Å². The van der Waals surface area contributed by atoms with Crippen LogP contribution >= 0.6 is 22.6 Å². The molecule has 0 aliphatic carbocycles. The highest BCUT2D eigenvalue weighted by Crippen LogP contribution is 2.15. The molecule has 0 aliphatic heterocycles. The zero-order valence-electron chi connectivity index (χ0n) is 7.58. The summed E-state index contributed by atoms with van der Waals surface area (Å²) in [6.07, 6.45) is 2.45. The maximum atomic E-state index is 11.6. The summed E-state index contributed by atoms with van der Waals surface area (Å²) in [4.78, 5) is 0. The lowest BCUT2D eigenvalue weighted by Crippen LogP contribution is -2.14. The van der Waals surface area contributed by atoms with Crippen molar-refractivity contribution in [1.29, 1.82) is 0 Å². The van der Waals surface area contributed by atoms with E-state index in [9.17, 15) is 5.11 Å². The predicted molar refractivity (Wildman–Crippen MR) is 61.9 cm³/mol. The number of alkyl halides is 1. The molecule has 0 heterocycles. The van der Waals surface area contributed by atoms with E-state index in [1.54, 1.807) is 0 Å². The largest absolute Gasteiger partial charge is 0.849 e. The molecule has 0 saturated heterocycles. The molecule has 1 aromatic carbocycles. The van der Waals surface area contributed by atoms with E-state index in [4.69, 9.17) is 0 Å². The Morgan fingerprint density at radius 3 is 2.46 bits per heavy atom. The average Bonchev–Trinajstić information content (AvgIpc) is 2.19. The van der Waals surface area contributed by atoms with Gasteiger partial charge in [0.2, 0.25) is 0 Å². The van der Waals surface area contributed by atoms with Crippen molar-refractivity contribution in [2.75, 3.05) is 4.43 Å². The van der Waals surface area contributed by atoms with Gasteiger partial charge in [-0.15, -0.1) is 6.10 Å². The molecule has 1 aromatic rings. The fraction of sp³-hybridized carbons (Fsp3) is 0.455. The van der Waals surface area contributed by atoms with Crippen LogP contribution in [0.3, 0.4) is 0 Å². The molecule has 1 nitrogen and oxygen atoms in total. The summed E-state index contributed by atoms with van der Waals surface area (Å²) in [5.74, 6) is 0. The van der Waals surface area contributed by atoms with Crippen LogP contribution in [0, 0.1) is 0 Å². The van der Waals surface area contributed by atoms with E-state index in [-0.39, 0.29) is 0 Å². The molecule has 1 unspecified atom stereocenters. The van der Waals surface area contributed by atoms with Crippen molar-refractivity contribution in [3.8, 4) is 0 Å². The number of hydrogen-bond donors (Lipinski definition) is 0. The van der Waals surface area contributed by atoms with Crippen LogP contribution in [0.2, 0.25) is 0 Å². The standard InChI is InChI=1S/C11H14IO/c12-9-5-4-8-11(13)10-6-2-1-3-7-10/h1-3,6-7,11H,4-5,8-9H2/q-1. The summed E-state index contributed by atoms with van der Waals surface area (Å²) < 4.78 is 1.15. The third kappa shape index (κ3) is 4.09. The van der Waals surface area contributed by atoms with Crippen LogP contribution < -0.4 is 5.11 Å². The fourth-order valence-electron chi connectivity index (χ4n) is 1.26. The van der Waals surface area contributed by atoms with Gasteiger partial charge in [-0.3, -0.25) is 0 Å². The lowest BCUT2D eigenvalue weighted by Gasteiger charge is -2.22. The van der Waals surface area contributed by atoms with Crippen LogP contribution in [0.1, 0.15) is 30.9 Å². The number of halogens is 1. The van der Waals surface area contributed by atoms with Crippen molar-refractivity contribution in [3.05, 3.63) is 35.9 Å². The average molecular weight is 289 g/mol. The molecule has 72 valence electrons. The summed E-state index contributed by atoms with van der Waals surface area (Å²) in [7, 11) is 0. The normalized spacial score (nSPS) is 12.8. The quantitative estimate of drug-likeness (QED) is 0.464. The number of unbranched alkanes of at least 4 members (excludes halogenated alkanes) is 1. The van der Waals surface area contributed by atoms with Crippen LogP contribution in [0.25, 0.3) is 0 Å². The van der Waals surface area contributed by atoms with Gasteiger partial charge < -0.3 is 5.11 Å². The van der Waals surface area contributed by atoms with Crippen molar-refractivity contribution in [3.63, 3.8) is 0 Å². The Morgan fingerprint density at radius 1 is 1.15 bits per heavy atom. The SMILES string of the molecule is [O-]C(CCCCI)c1ccccc1. The highest BCUT2D eigenvalue weighted by molar-refractivity contribution is 14.1. The summed E-state index contributed by atoms with van der Waals surface area (Å²) in [6, 6.07) is 9.64. The van der Waals surface area contributed by atoms with Gasteiger partial charge in [0.25, 0.3) is 0 Å². The van der Waals surface area contributed by atoms with E-state index < -0.39 is 6.10 Å². The molecular weight excluding hydrogens is 275 g/mol. The van der Waals surface area contributed by atoms with Crippen LogP contribution in [0.4, 0.5) is 0 Å². The van der Waals surface area contributed by atoms with E-state index in [1.165, 1.54) is 0 Å². The van der Waals surface area contributed by atoms with Gasteiger partial charge in [-0.1, -0.05) is 71.3 Å². The van der Waals surface area contributed by atoms with Gasteiger partial charge in [-0.05, 0) is 10.8 Å². The first kappa shape index (κ1) is 11.0. The Kier molecular flexibility index (Phi) is 5.39. The first-order valence-corrected chi connectivity index (χ1v) is 6.14. The Bertz CT molecular complexity index is 223. The summed E-state index contributed by atoms with van der Waals surface area (Å²) >= 11 is 2.35. The first-order chi connectivity index (χ1) is 6.34. The molecular formula is C11H14IO-. The van der Waals surface area contributed by atoms with Crippen LogP contribution in [-0.2, 0) is 0 Å². The van der Waals surface area contributed by atoms with Crippen molar-refractivity contribution < 1.29 is 5.11 Å². The van der Waals surface area contributed by atoms with E-state index in [1.807, 2.05) is 30.3 Å². The van der Waals surface area contributed by atoms with Gasteiger partial charge in [0.1, 0.15) is 0 Å². The molecule has 0 bridgehead atoms. The topological polar surface area (TPSA) is 23.1 Å². The van der Waals surface area contributed by atoms with E-state index in [0.29, 0.717) is 0 Å². The molecule has 1 rings (SSSR count). The molecule has 2 heteroatoms. The molecule has 0 N–H and O–H groups in total. The second-order valence-corrected chi connectivity index (χ2v) is 4.16. The minimum atomic E-state index is -0.524. The maximum absolute atomic E-state index is 11.6. The molecule has 0 aromatic heterocycles. The third-order valence-corrected chi connectivity index (χ3v) is 2.78. The highest BCUT2D eigenvalue weighted by Gasteiger charge is 1.96. The van der Waals surface area contributed by atoms with Gasteiger partial charge in [-0.2, -0.15) is 0 Å². The number of benzene rings is 1. The minimum Gasteiger partial charge on any atom is -0.849 e. The third-order valence-electron chi connectivity index (χ3n) is 2.02. The molecule has 0 amide bonds. The van der Waals surface area contributed by atoms with Crippen molar-refractivity contribution in [2.45, 2.75) is 25.4 Å². The predicted octanol–water partition coefficient (Wildman–Crippen LogP) is 2.69. The number of rotatable bonds is 5. The Hall–Kier alpha value is -0.0900. The van der Waals surface area contributed by atoms with Crippen molar-refractivity contribution >= 4 is 22.6 Å². The fourth-order valence-corrected chi connectivity index (χ4v) is 1.80. The zero-order valence-corrected chi connectivity index (χ0v) is 9.74. The van der Waals surface area contributed by atoms with E-state index >= 15 is 0 Å². The first-order valence-electron chi connectivity index (χ1n) is 4.61. The zero-order chi connectivity index (χ0) is 9.52. The number of hydrogen-bond acceptors (Lipinski definition) is 1. The second kappa shape index (κ2) is 6.38. The van der Waals surface area contributed by atoms with Crippen LogP contribution in [0.15, 0.2) is 30.3 Å². The molecule has 0 spiro atoms. The molecule has 1 atom stereocenters. The van der Waals surface area contributed by atoms with Gasteiger partial charge >= 0.3 is 0 Å². The second-order valence-electron chi connectivity index (χ2n) is 3.08. The molecule has 0 radical (unpaired) electrons. The molecule has 0 aliphatic rings. The Morgan fingerprint density at radius 2 is 1.85 bits per heavy atom. The van der Waals surface area contributed by atoms with Crippen LogP contribution in [-0.4, -0.2) is 4.43 Å². The molecule has 0 fully saturated rings. The smallest absolute Gasteiger partial charge is 0.000473 e. The van der Waals surface area contributed by atoms with Crippen molar-refractivity contribution in [2.24, 2.45) is 0 Å². The highest BCUT2D eigenvalue weighted by atomic mass is 127. The van der Waals surface area contributed by atoms with Gasteiger partial charge in [-0.25, -0.2) is 0 Å². The van der Waals surface area contributed by atoms with Gasteiger partial charge in [0.05, 0.1) is 0 Å². The molecule has 13 heavy (non-hydrogen) atoms. The van der Waals surface area contributed by atoms with Crippen LogP contribution in [0.5, 0.6) is 0 Å². The summed E-state index contributed by atoms with van der Waals surface area (Å²) in [5.41, 5.74) is 0.927.